The molecule has 2 aromatic rings. The van der Waals surface area contributed by atoms with E-state index in [1.165, 1.54) is 0 Å². The Hall–Kier alpha value is -1.24. The second-order valence-electron chi connectivity index (χ2n) is 6.20. The van der Waals surface area contributed by atoms with Crippen LogP contribution in [-0.2, 0) is 6.42 Å². The van der Waals surface area contributed by atoms with Gasteiger partial charge in [0.25, 0.3) is 0 Å². The van der Waals surface area contributed by atoms with Gasteiger partial charge in [-0.15, -0.1) is 11.3 Å². The summed E-state index contributed by atoms with van der Waals surface area (Å²) in [4.78, 5) is 7.79. The Labute approximate surface area is 130 Å². The normalized spacial score (nSPS) is 12.2. The van der Waals surface area contributed by atoms with Crippen LogP contribution in [0, 0.1) is 5.41 Å². The van der Waals surface area contributed by atoms with Crippen LogP contribution >= 0.6 is 11.3 Å². The van der Waals surface area contributed by atoms with E-state index in [2.05, 4.69) is 35.9 Å². The quantitative estimate of drug-likeness (QED) is 0.812. The molecule has 0 atom stereocenters. The first-order valence-electron chi connectivity index (χ1n) is 7.25. The first-order valence-corrected chi connectivity index (χ1v) is 8.13. The van der Waals surface area contributed by atoms with Crippen molar-refractivity contribution >= 4 is 11.3 Å². The Morgan fingerprint density at radius 2 is 2.24 bits per heavy atom. The van der Waals surface area contributed by atoms with Gasteiger partial charge in [-0.2, -0.15) is 4.98 Å². The topological polar surface area (TPSA) is 68.2 Å². The van der Waals surface area contributed by atoms with Crippen molar-refractivity contribution in [3.8, 4) is 10.7 Å². The Morgan fingerprint density at radius 1 is 1.43 bits per heavy atom. The fourth-order valence-electron chi connectivity index (χ4n) is 2.24. The summed E-state index contributed by atoms with van der Waals surface area (Å²) in [5.74, 6) is 1.41. The Kier molecular flexibility index (Phi) is 5.50. The van der Waals surface area contributed by atoms with E-state index in [-0.39, 0.29) is 5.41 Å². The zero-order valence-electron chi connectivity index (χ0n) is 13.0. The van der Waals surface area contributed by atoms with Crippen LogP contribution in [0.3, 0.4) is 0 Å². The smallest absolute Gasteiger partial charge is 0.227 e. The number of hydrogen-bond donors (Lipinski definition) is 1. The van der Waals surface area contributed by atoms with Crippen LogP contribution in [0.2, 0.25) is 0 Å². The molecule has 116 valence electrons. The average Bonchev–Trinajstić information content (AvgIpc) is 3.08. The Balaban J connectivity index is 1.76. The van der Waals surface area contributed by atoms with E-state index in [4.69, 9.17) is 10.3 Å². The molecule has 0 spiro atoms. The summed E-state index contributed by atoms with van der Waals surface area (Å²) in [5.41, 5.74) is 5.92. The predicted octanol–water partition coefficient (Wildman–Crippen LogP) is 2.65. The average molecular weight is 308 g/mol. The summed E-state index contributed by atoms with van der Waals surface area (Å²) < 4.78 is 5.30. The number of nitrogens with zero attached hydrogens (tertiary/aromatic N) is 3. The molecule has 2 rings (SSSR count). The number of aromatic nitrogens is 2. The zero-order valence-corrected chi connectivity index (χ0v) is 13.8. The van der Waals surface area contributed by atoms with Gasteiger partial charge >= 0.3 is 0 Å². The minimum atomic E-state index is 0.158. The standard InChI is InChI=1S/C15H24N4OS/c1-15(2,10-16)11-19(3)8-4-7-13-17-14(18-20-13)12-6-5-9-21-12/h5-6,9H,4,7-8,10-11,16H2,1-3H3. The van der Waals surface area contributed by atoms with E-state index in [1.807, 2.05) is 17.5 Å². The molecule has 0 saturated heterocycles. The van der Waals surface area contributed by atoms with Crippen LogP contribution in [0.1, 0.15) is 26.2 Å². The Morgan fingerprint density at radius 3 is 2.90 bits per heavy atom. The molecule has 0 unspecified atom stereocenters. The zero-order chi connectivity index (χ0) is 15.3. The SMILES string of the molecule is CN(CCCc1nc(-c2cccs2)no1)CC(C)(C)CN. The molecule has 0 fully saturated rings. The lowest BCUT2D eigenvalue weighted by Gasteiger charge is -2.28. The third-order valence-electron chi connectivity index (χ3n) is 3.39. The van der Waals surface area contributed by atoms with Crippen LogP contribution in [0.25, 0.3) is 10.7 Å². The molecular weight excluding hydrogens is 284 g/mol. The van der Waals surface area contributed by atoms with Crippen molar-refractivity contribution in [2.75, 3.05) is 26.7 Å². The molecule has 21 heavy (non-hydrogen) atoms. The molecule has 0 aliphatic carbocycles. The van der Waals surface area contributed by atoms with Crippen molar-refractivity contribution in [1.82, 2.24) is 15.0 Å². The summed E-state index contributed by atoms with van der Waals surface area (Å²) in [5, 5.41) is 6.04. The molecule has 2 N–H and O–H groups in total. The molecule has 5 nitrogen and oxygen atoms in total. The number of aryl methyl sites for hydroxylation is 1. The third-order valence-corrected chi connectivity index (χ3v) is 4.26. The highest BCUT2D eigenvalue weighted by Gasteiger charge is 2.18. The van der Waals surface area contributed by atoms with E-state index >= 15 is 0 Å². The molecular formula is C15H24N4OS. The van der Waals surface area contributed by atoms with Gasteiger partial charge in [-0.05, 0) is 43.4 Å². The van der Waals surface area contributed by atoms with Crippen molar-refractivity contribution in [1.29, 1.82) is 0 Å². The van der Waals surface area contributed by atoms with Gasteiger partial charge in [-0.3, -0.25) is 0 Å². The number of rotatable bonds is 8. The summed E-state index contributed by atoms with van der Waals surface area (Å²) in [6.07, 6.45) is 1.81. The minimum Gasteiger partial charge on any atom is -0.339 e. The van der Waals surface area contributed by atoms with Gasteiger partial charge in [0.2, 0.25) is 11.7 Å². The van der Waals surface area contributed by atoms with Gasteiger partial charge in [0.05, 0.1) is 4.88 Å². The van der Waals surface area contributed by atoms with Crippen LogP contribution in [0.15, 0.2) is 22.0 Å². The van der Waals surface area contributed by atoms with Gasteiger partial charge in [0, 0.05) is 13.0 Å². The first-order chi connectivity index (χ1) is 10.00. The van der Waals surface area contributed by atoms with E-state index in [0.29, 0.717) is 18.3 Å². The molecule has 0 aliphatic rings. The molecule has 0 aromatic carbocycles. The molecule has 6 heteroatoms. The van der Waals surface area contributed by atoms with Gasteiger partial charge in [0.1, 0.15) is 0 Å². The van der Waals surface area contributed by atoms with E-state index < -0.39 is 0 Å². The fraction of sp³-hybridized carbons (Fsp3) is 0.600. The summed E-state index contributed by atoms with van der Waals surface area (Å²) in [6.45, 7) is 7.07. The highest BCUT2D eigenvalue weighted by Crippen LogP contribution is 2.21. The minimum absolute atomic E-state index is 0.158. The third kappa shape index (κ3) is 4.91. The second-order valence-corrected chi connectivity index (χ2v) is 7.15. The van der Waals surface area contributed by atoms with Crippen molar-refractivity contribution in [3.63, 3.8) is 0 Å². The molecule has 0 saturated carbocycles. The molecule has 0 amide bonds. The lowest BCUT2D eigenvalue weighted by atomic mass is 9.93. The van der Waals surface area contributed by atoms with Crippen LogP contribution in [0.5, 0.6) is 0 Å². The van der Waals surface area contributed by atoms with Gasteiger partial charge in [-0.25, -0.2) is 0 Å². The highest BCUT2D eigenvalue weighted by molar-refractivity contribution is 7.13. The lowest BCUT2D eigenvalue weighted by Crippen LogP contribution is -2.37. The maximum absolute atomic E-state index is 5.76. The molecule has 0 aliphatic heterocycles. The first kappa shape index (κ1) is 16.1. The monoisotopic (exact) mass is 308 g/mol. The molecule has 2 heterocycles. The van der Waals surface area contributed by atoms with Gasteiger partial charge in [0.15, 0.2) is 0 Å². The summed E-state index contributed by atoms with van der Waals surface area (Å²) >= 11 is 1.62. The molecule has 2 aromatic heterocycles. The maximum Gasteiger partial charge on any atom is 0.227 e. The van der Waals surface area contributed by atoms with Gasteiger partial charge < -0.3 is 15.2 Å². The largest absolute Gasteiger partial charge is 0.339 e. The molecule has 0 bridgehead atoms. The van der Waals surface area contributed by atoms with Crippen LogP contribution in [0.4, 0.5) is 0 Å². The van der Waals surface area contributed by atoms with Gasteiger partial charge in [-0.1, -0.05) is 25.1 Å². The van der Waals surface area contributed by atoms with Crippen molar-refractivity contribution in [2.45, 2.75) is 26.7 Å². The fourth-order valence-corrected chi connectivity index (χ4v) is 2.89. The van der Waals surface area contributed by atoms with Crippen LogP contribution in [-0.4, -0.2) is 41.7 Å². The second kappa shape index (κ2) is 7.15. The predicted molar refractivity (Wildman–Crippen MR) is 86.3 cm³/mol. The molecule has 0 radical (unpaired) electrons. The highest BCUT2D eigenvalue weighted by atomic mass is 32.1. The van der Waals surface area contributed by atoms with E-state index in [9.17, 15) is 0 Å². The summed E-state index contributed by atoms with van der Waals surface area (Å²) in [7, 11) is 2.13. The van der Waals surface area contributed by atoms with Crippen molar-refractivity contribution in [3.05, 3.63) is 23.4 Å². The van der Waals surface area contributed by atoms with Crippen molar-refractivity contribution in [2.24, 2.45) is 11.1 Å². The summed E-state index contributed by atoms with van der Waals surface area (Å²) in [6, 6.07) is 3.99. The maximum atomic E-state index is 5.76. The number of nitrogens with two attached hydrogens (primary N) is 1. The van der Waals surface area contributed by atoms with Crippen LogP contribution < -0.4 is 5.73 Å². The lowest BCUT2D eigenvalue weighted by molar-refractivity contribution is 0.212. The number of hydrogen-bond acceptors (Lipinski definition) is 6. The van der Waals surface area contributed by atoms with E-state index in [1.54, 1.807) is 11.3 Å². The number of thiophene rings is 1. The van der Waals surface area contributed by atoms with Crippen molar-refractivity contribution < 1.29 is 4.52 Å². The Bertz CT molecular complexity index is 536. The van der Waals surface area contributed by atoms with E-state index in [0.717, 1.165) is 30.8 Å².